The van der Waals surface area contributed by atoms with Crippen LogP contribution in [0.3, 0.4) is 0 Å². The van der Waals surface area contributed by atoms with Crippen LogP contribution >= 0.6 is 11.8 Å². The summed E-state index contributed by atoms with van der Waals surface area (Å²) in [4.78, 5) is 20.8. The van der Waals surface area contributed by atoms with E-state index in [2.05, 4.69) is 15.2 Å². The second-order valence-corrected chi connectivity index (χ2v) is 7.98. The number of amides is 1. The number of carbonyl (C=O) groups is 1. The van der Waals surface area contributed by atoms with Gasteiger partial charge in [-0.1, -0.05) is 11.8 Å². The highest BCUT2D eigenvalue weighted by atomic mass is 32.2. The summed E-state index contributed by atoms with van der Waals surface area (Å²) in [5.41, 5.74) is 8.68. The van der Waals surface area contributed by atoms with E-state index in [-0.39, 0.29) is 5.75 Å². The second-order valence-electron chi connectivity index (χ2n) is 7.04. The van der Waals surface area contributed by atoms with Crippen molar-refractivity contribution in [2.45, 2.75) is 32.0 Å². The van der Waals surface area contributed by atoms with Crippen LogP contribution in [0.4, 0.5) is 0 Å². The number of aromatic nitrogens is 6. The van der Waals surface area contributed by atoms with Gasteiger partial charge in [0, 0.05) is 30.1 Å². The number of nitrogens with zero attached hydrogens (tertiary/aromatic N) is 6. The fraction of sp³-hybridized carbons (Fsp3) is 0.350. The minimum atomic E-state index is -0.433. The molecule has 0 spiro atoms. The molecule has 0 saturated carbocycles. The molecule has 0 atom stereocenters. The normalized spacial score (nSPS) is 11.4. The third-order valence-corrected chi connectivity index (χ3v) is 5.74. The molecule has 0 unspecified atom stereocenters. The SMILES string of the molecule is COc1cc2nc(SCC(N)=O)n3nc(CCn4nc(C)cc4C)nc3c2cc1OC. The number of rotatable bonds is 8. The first kappa shape index (κ1) is 20.9. The van der Waals surface area contributed by atoms with Crippen molar-refractivity contribution in [2.24, 2.45) is 5.73 Å². The van der Waals surface area contributed by atoms with Gasteiger partial charge in [-0.15, -0.1) is 5.10 Å². The molecule has 1 aromatic carbocycles. The topological polar surface area (TPSA) is 122 Å². The van der Waals surface area contributed by atoms with Crippen LogP contribution in [0, 0.1) is 13.8 Å². The molecule has 0 radical (unpaired) electrons. The van der Waals surface area contributed by atoms with Crippen molar-refractivity contribution in [3.05, 3.63) is 35.4 Å². The highest BCUT2D eigenvalue weighted by Crippen LogP contribution is 2.34. The van der Waals surface area contributed by atoms with E-state index in [1.165, 1.54) is 11.8 Å². The van der Waals surface area contributed by atoms with Crippen LogP contribution in [-0.2, 0) is 17.8 Å². The zero-order valence-electron chi connectivity index (χ0n) is 17.7. The lowest BCUT2D eigenvalue weighted by molar-refractivity contribution is -0.115. The van der Waals surface area contributed by atoms with Crippen molar-refractivity contribution in [3.8, 4) is 11.5 Å². The summed E-state index contributed by atoms with van der Waals surface area (Å²) in [5.74, 6) is 1.43. The van der Waals surface area contributed by atoms with Crippen molar-refractivity contribution in [1.29, 1.82) is 0 Å². The Hall–Kier alpha value is -3.34. The molecule has 10 nitrogen and oxygen atoms in total. The van der Waals surface area contributed by atoms with E-state index in [1.807, 2.05) is 30.7 Å². The number of hydrogen-bond donors (Lipinski definition) is 1. The Bertz CT molecular complexity index is 1280. The molecule has 3 heterocycles. The first-order chi connectivity index (χ1) is 14.9. The fourth-order valence-electron chi connectivity index (χ4n) is 3.39. The van der Waals surface area contributed by atoms with E-state index in [0.29, 0.717) is 46.6 Å². The van der Waals surface area contributed by atoms with Gasteiger partial charge in [-0.2, -0.15) is 9.61 Å². The van der Waals surface area contributed by atoms with Crippen LogP contribution in [0.1, 0.15) is 17.2 Å². The molecule has 0 aliphatic carbocycles. The highest BCUT2D eigenvalue weighted by Gasteiger charge is 2.18. The maximum atomic E-state index is 11.3. The molecule has 11 heteroatoms. The molecule has 4 aromatic rings. The van der Waals surface area contributed by atoms with E-state index in [4.69, 9.17) is 20.2 Å². The van der Waals surface area contributed by atoms with Crippen molar-refractivity contribution < 1.29 is 14.3 Å². The highest BCUT2D eigenvalue weighted by molar-refractivity contribution is 7.99. The average Bonchev–Trinajstić information content (AvgIpc) is 3.31. The maximum absolute atomic E-state index is 11.3. The van der Waals surface area contributed by atoms with Crippen LogP contribution in [0.25, 0.3) is 16.6 Å². The van der Waals surface area contributed by atoms with E-state index < -0.39 is 5.91 Å². The number of thioether (sulfide) groups is 1. The fourth-order valence-corrected chi connectivity index (χ4v) is 4.08. The number of nitrogens with two attached hydrogens (primary N) is 1. The van der Waals surface area contributed by atoms with E-state index >= 15 is 0 Å². The van der Waals surface area contributed by atoms with Crippen molar-refractivity contribution in [2.75, 3.05) is 20.0 Å². The molecule has 31 heavy (non-hydrogen) atoms. The zero-order chi connectivity index (χ0) is 22.1. The summed E-state index contributed by atoms with van der Waals surface area (Å²) < 4.78 is 14.4. The number of benzene rings is 1. The van der Waals surface area contributed by atoms with E-state index in [1.54, 1.807) is 24.8 Å². The van der Waals surface area contributed by atoms with Crippen molar-refractivity contribution in [1.82, 2.24) is 29.4 Å². The Morgan fingerprint density at radius 3 is 2.48 bits per heavy atom. The summed E-state index contributed by atoms with van der Waals surface area (Å²) in [7, 11) is 3.15. The standard InChI is InChI=1S/C20H23N7O3S/c1-11-7-12(2)26(24-11)6-5-18-23-19-13-8-15(29-3)16(30-4)9-14(13)22-20(27(19)25-18)31-10-17(21)28/h7-9H,5-6,10H2,1-4H3,(H2,21,28). The monoisotopic (exact) mass is 441 g/mol. The molecule has 0 fully saturated rings. The van der Waals surface area contributed by atoms with Gasteiger partial charge in [0.25, 0.3) is 0 Å². The molecule has 4 rings (SSSR count). The minimum Gasteiger partial charge on any atom is -0.493 e. The van der Waals surface area contributed by atoms with E-state index in [9.17, 15) is 4.79 Å². The molecule has 2 N–H and O–H groups in total. The van der Waals surface area contributed by atoms with Crippen LogP contribution in [-0.4, -0.2) is 55.2 Å². The van der Waals surface area contributed by atoms with Crippen molar-refractivity contribution in [3.63, 3.8) is 0 Å². The Morgan fingerprint density at radius 1 is 1.10 bits per heavy atom. The number of fused-ring (bicyclic) bond motifs is 3. The molecule has 0 saturated heterocycles. The summed E-state index contributed by atoms with van der Waals surface area (Å²) in [6, 6.07) is 5.65. The third-order valence-electron chi connectivity index (χ3n) is 4.79. The third kappa shape index (κ3) is 4.13. The van der Waals surface area contributed by atoms with Crippen molar-refractivity contribution >= 4 is 34.2 Å². The lowest BCUT2D eigenvalue weighted by Crippen LogP contribution is -2.14. The van der Waals surface area contributed by atoms with Crippen LogP contribution in [0.5, 0.6) is 11.5 Å². The van der Waals surface area contributed by atoms with Gasteiger partial charge in [0.2, 0.25) is 5.91 Å². The Kier molecular flexibility index (Phi) is 5.68. The first-order valence-corrected chi connectivity index (χ1v) is 10.6. The number of aryl methyl sites for hydroxylation is 4. The van der Waals surface area contributed by atoms with Crippen LogP contribution in [0.2, 0.25) is 0 Å². The smallest absolute Gasteiger partial charge is 0.227 e. The van der Waals surface area contributed by atoms with Gasteiger partial charge in [-0.25, -0.2) is 9.97 Å². The molecule has 0 aliphatic rings. The van der Waals surface area contributed by atoms with Gasteiger partial charge >= 0.3 is 0 Å². The second kappa shape index (κ2) is 8.42. The Balaban J connectivity index is 1.80. The average molecular weight is 442 g/mol. The number of ether oxygens (including phenoxy) is 2. The Labute approximate surface area is 182 Å². The number of methoxy groups -OCH3 is 2. The van der Waals surface area contributed by atoms with Gasteiger partial charge in [0.15, 0.2) is 28.1 Å². The number of carbonyl (C=O) groups excluding carboxylic acids is 1. The Morgan fingerprint density at radius 2 is 1.84 bits per heavy atom. The van der Waals surface area contributed by atoms with Gasteiger partial charge in [-0.05, 0) is 26.0 Å². The largest absolute Gasteiger partial charge is 0.493 e. The maximum Gasteiger partial charge on any atom is 0.227 e. The lowest BCUT2D eigenvalue weighted by atomic mass is 10.2. The number of hydrogen-bond acceptors (Lipinski definition) is 8. The number of primary amides is 1. The summed E-state index contributed by atoms with van der Waals surface area (Å²) in [5, 5.41) is 10.4. The predicted molar refractivity (Wildman–Crippen MR) is 117 cm³/mol. The quantitative estimate of drug-likeness (QED) is 0.325. The zero-order valence-corrected chi connectivity index (χ0v) is 18.6. The summed E-state index contributed by atoms with van der Waals surface area (Å²) >= 11 is 1.22. The minimum absolute atomic E-state index is 0.0852. The van der Waals surface area contributed by atoms with Crippen LogP contribution < -0.4 is 15.2 Å². The molecular formula is C20H23N7O3S. The van der Waals surface area contributed by atoms with Gasteiger partial charge in [-0.3, -0.25) is 9.48 Å². The van der Waals surface area contributed by atoms with Gasteiger partial charge in [0.1, 0.15) is 0 Å². The molecule has 0 bridgehead atoms. The molecular weight excluding hydrogens is 418 g/mol. The van der Waals surface area contributed by atoms with Gasteiger partial charge < -0.3 is 15.2 Å². The predicted octanol–water partition coefficient (Wildman–Crippen LogP) is 1.93. The van der Waals surface area contributed by atoms with E-state index in [0.717, 1.165) is 16.8 Å². The first-order valence-electron chi connectivity index (χ1n) is 9.63. The van der Waals surface area contributed by atoms with Gasteiger partial charge in [0.05, 0.1) is 31.2 Å². The van der Waals surface area contributed by atoms with Crippen LogP contribution in [0.15, 0.2) is 23.4 Å². The summed E-state index contributed by atoms with van der Waals surface area (Å²) in [6.45, 7) is 4.64. The lowest BCUT2D eigenvalue weighted by Gasteiger charge is -2.10. The molecule has 0 aliphatic heterocycles. The summed E-state index contributed by atoms with van der Waals surface area (Å²) in [6.07, 6.45) is 0.596. The molecule has 1 amide bonds. The molecule has 162 valence electrons. The molecule has 3 aromatic heterocycles.